The Kier molecular flexibility index (Phi) is 6.06. The Balaban J connectivity index is 2.64. The largest absolute Gasteiger partial charge is 0.417 e. The van der Waals surface area contributed by atoms with Gasteiger partial charge >= 0.3 is 6.18 Å². The first kappa shape index (κ1) is 20.8. The molecule has 0 saturated carbocycles. The van der Waals surface area contributed by atoms with Crippen LogP contribution in [0, 0.1) is 6.92 Å². The van der Waals surface area contributed by atoms with Crippen LogP contribution in [0.4, 0.5) is 18.9 Å². The molecule has 0 bridgehead atoms. The van der Waals surface area contributed by atoms with Crippen LogP contribution in [-0.2, 0) is 20.9 Å². The lowest BCUT2D eigenvalue weighted by atomic mass is 10.2. The maximum Gasteiger partial charge on any atom is 0.417 e. The van der Waals surface area contributed by atoms with Crippen molar-refractivity contribution in [1.29, 1.82) is 0 Å². The monoisotopic (exact) mass is 428 g/mol. The Morgan fingerprint density at radius 1 is 1.23 bits per heavy atom. The van der Waals surface area contributed by atoms with E-state index in [1.54, 1.807) is 0 Å². The maximum absolute atomic E-state index is 13.1. The second-order valence-electron chi connectivity index (χ2n) is 5.17. The zero-order chi connectivity index (χ0) is 19.7. The number of aromatic nitrogens is 1. The van der Waals surface area contributed by atoms with E-state index in [9.17, 15) is 21.6 Å². The van der Waals surface area contributed by atoms with E-state index >= 15 is 0 Å². The fourth-order valence-corrected chi connectivity index (χ4v) is 3.97. The van der Waals surface area contributed by atoms with Gasteiger partial charge in [-0.2, -0.15) is 13.2 Å². The lowest BCUT2D eigenvalue weighted by molar-refractivity contribution is -0.137. The Hall–Kier alpha value is -1.55. The van der Waals surface area contributed by atoms with Gasteiger partial charge in [0.15, 0.2) is 0 Å². The molecule has 2 aromatic rings. The fraction of sp³-hybridized carbons (Fsp3) is 0.267. The first-order valence-electron chi connectivity index (χ1n) is 6.99. The van der Waals surface area contributed by atoms with Gasteiger partial charge in [-0.15, -0.1) is 0 Å². The van der Waals surface area contributed by atoms with Crippen LogP contribution in [0.3, 0.4) is 0 Å². The second-order valence-corrected chi connectivity index (χ2v) is 7.87. The number of nitrogens with zero attached hydrogens (tertiary/aromatic N) is 2. The molecule has 1 aromatic carbocycles. The second kappa shape index (κ2) is 7.59. The van der Waals surface area contributed by atoms with Crippen LogP contribution in [-0.4, -0.2) is 27.2 Å². The van der Waals surface area contributed by atoms with Crippen LogP contribution in [0.5, 0.6) is 0 Å². The van der Waals surface area contributed by atoms with Gasteiger partial charge in [0.2, 0.25) is 0 Å². The molecule has 0 saturated heterocycles. The number of alkyl halides is 3. The molecule has 1 heterocycles. The van der Waals surface area contributed by atoms with Gasteiger partial charge in [0, 0.05) is 13.3 Å². The van der Waals surface area contributed by atoms with Crippen molar-refractivity contribution in [3.63, 3.8) is 0 Å². The Bertz CT molecular complexity index is 921. The van der Waals surface area contributed by atoms with Gasteiger partial charge in [0.05, 0.1) is 31.9 Å². The summed E-state index contributed by atoms with van der Waals surface area (Å²) in [4.78, 5) is 3.37. The molecular weight excluding hydrogens is 416 g/mol. The summed E-state index contributed by atoms with van der Waals surface area (Å²) in [6.45, 7) is 1.09. The number of methoxy groups -OCH3 is 1. The molecule has 0 atom stereocenters. The van der Waals surface area contributed by atoms with E-state index in [1.165, 1.54) is 26.3 Å². The van der Waals surface area contributed by atoms with E-state index in [4.69, 9.17) is 27.9 Å². The van der Waals surface area contributed by atoms with Gasteiger partial charge in [-0.1, -0.05) is 23.2 Å². The third-order valence-corrected chi connectivity index (χ3v) is 5.64. The molecule has 0 aliphatic heterocycles. The average Bonchev–Trinajstić information content (AvgIpc) is 2.54. The number of halogens is 5. The summed E-state index contributed by atoms with van der Waals surface area (Å²) >= 11 is 11.4. The minimum atomic E-state index is -4.80. The molecule has 0 fully saturated rings. The highest BCUT2D eigenvalue weighted by molar-refractivity contribution is 7.92. The highest BCUT2D eigenvalue weighted by Crippen LogP contribution is 2.37. The molecule has 0 N–H and O–H groups in total. The molecule has 142 valence electrons. The lowest BCUT2D eigenvalue weighted by Gasteiger charge is -2.25. The fourth-order valence-electron chi connectivity index (χ4n) is 2.14. The number of sulfonamides is 1. The van der Waals surface area contributed by atoms with E-state index < -0.39 is 38.4 Å². The number of pyridine rings is 1. The van der Waals surface area contributed by atoms with E-state index in [1.807, 2.05) is 0 Å². The predicted octanol–water partition coefficient (Wildman–Crippen LogP) is 4.51. The van der Waals surface area contributed by atoms with Crippen LogP contribution in [0.2, 0.25) is 10.0 Å². The van der Waals surface area contributed by atoms with Gasteiger partial charge < -0.3 is 4.74 Å². The summed E-state index contributed by atoms with van der Waals surface area (Å²) in [5, 5.41) is -0.440. The van der Waals surface area contributed by atoms with Gasteiger partial charge in [0.25, 0.3) is 10.0 Å². The standard InChI is InChI=1S/C15H13Cl2F3N2O3S/c1-9-14(5-10(16)7-21-9)22(8-25-2)26(23,24)11-3-4-13(17)12(6-11)15(18,19)20/h3-7H,8H2,1-2H3. The number of anilines is 1. The van der Waals surface area contributed by atoms with E-state index in [0.717, 1.165) is 16.4 Å². The van der Waals surface area contributed by atoms with Crippen molar-refractivity contribution in [3.8, 4) is 0 Å². The molecule has 1 aromatic heterocycles. The Morgan fingerprint density at radius 3 is 2.46 bits per heavy atom. The number of ether oxygens (including phenoxy) is 1. The van der Waals surface area contributed by atoms with Crippen LogP contribution < -0.4 is 4.31 Å². The first-order valence-corrected chi connectivity index (χ1v) is 9.18. The summed E-state index contributed by atoms with van der Waals surface area (Å²) in [7, 11) is -3.16. The van der Waals surface area contributed by atoms with Crippen molar-refractivity contribution >= 4 is 38.9 Å². The number of benzene rings is 1. The molecule has 0 unspecified atom stereocenters. The summed E-state index contributed by atoms with van der Waals surface area (Å²) in [6.07, 6.45) is -3.48. The molecular formula is C15H13Cl2F3N2O3S. The number of aryl methyl sites for hydroxylation is 1. The molecule has 0 radical (unpaired) electrons. The smallest absolute Gasteiger partial charge is 0.363 e. The van der Waals surface area contributed by atoms with Crippen molar-refractivity contribution < 1.29 is 26.3 Å². The topological polar surface area (TPSA) is 59.5 Å². The minimum absolute atomic E-state index is 0.0860. The third-order valence-electron chi connectivity index (χ3n) is 3.37. The first-order chi connectivity index (χ1) is 12.0. The van der Waals surface area contributed by atoms with Crippen molar-refractivity contribution in [1.82, 2.24) is 4.98 Å². The molecule has 0 amide bonds. The third kappa shape index (κ3) is 4.22. The van der Waals surface area contributed by atoms with Crippen molar-refractivity contribution in [2.75, 3.05) is 18.1 Å². The van der Waals surface area contributed by atoms with Crippen LogP contribution >= 0.6 is 23.2 Å². The SMILES string of the molecule is COCN(c1cc(Cl)cnc1C)S(=O)(=O)c1ccc(Cl)c(C(F)(F)F)c1. The maximum atomic E-state index is 13.1. The zero-order valence-corrected chi connectivity index (χ0v) is 15.8. The normalized spacial score (nSPS) is 12.3. The predicted molar refractivity (Wildman–Crippen MR) is 92.0 cm³/mol. The minimum Gasteiger partial charge on any atom is -0.363 e. The van der Waals surface area contributed by atoms with Gasteiger partial charge in [-0.3, -0.25) is 4.98 Å². The molecule has 26 heavy (non-hydrogen) atoms. The highest BCUT2D eigenvalue weighted by atomic mass is 35.5. The number of hydrogen-bond acceptors (Lipinski definition) is 4. The molecule has 0 spiro atoms. The van der Waals surface area contributed by atoms with Crippen molar-refractivity contribution in [3.05, 3.63) is 51.8 Å². The van der Waals surface area contributed by atoms with Crippen molar-refractivity contribution in [2.45, 2.75) is 18.0 Å². The lowest BCUT2D eigenvalue weighted by Crippen LogP contribution is -2.33. The van der Waals surface area contributed by atoms with Crippen LogP contribution in [0.25, 0.3) is 0 Å². The zero-order valence-electron chi connectivity index (χ0n) is 13.5. The summed E-state index contributed by atoms with van der Waals surface area (Å²) in [6, 6.07) is 3.68. The molecule has 5 nitrogen and oxygen atoms in total. The molecule has 0 aliphatic rings. The van der Waals surface area contributed by atoms with Crippen LogP contribution in [0.1, 0.15) is 11.3 Å². The summed E-state index contributed by atoms with van der Waals surface area (Å²) in [5.41, 5.74) is -0.860. The van der Waals surface area contributed by atoms with E-state index in [0.29, 0.717) is 11.8 Å². The van der Waals surface area contributed by atoms with Crippen molar-refractivity contribution in [2.24, 2.45) is 0 Å². The van der Waals surface area contributed by atoms with E-state index in [2.05, 4.69) is 4.98 Å². The van der Waals surface area contributed by atoms with Gasteiger partial charge in [0.1, 0.15) is 6.73 Å². The number of rotatable bonds is 5. The van der Waals surface area contributed by atoms with Crippen LogP contribution in [0.15, 0.2) is 35.4 Å². The quantitative estimate of drug-likeness (QED) is 0.657. The average molecular weight is 429 g/mol. The van der Waals surface area contributed by atoms with E-state index in [-0.39, 0.29) is 10.7 Å². The summed E-state index contributed by atoms with van der Waals surface area (Å²) in [5.74, 6) is 0. The molecule has 0 aliphatic carbocycles. The molecule has 2 rings (SSSR count). The highest BCUT2D eigenvalue weighted by Gasteiger charge is 2.36. The Morgan fingerprint density at radius 2 is 1.88 bits per heavy atom. The number of hydrogen-bond donors (Lipinski definition) is 0. The Labute approximate surface area is 158 Å². The summed E-state index contributed by atoms with van der Waals surface area (Å²) < 4.78 is 70.8. The van der Waals surface area contributed by atoms with Gasteiger partial charge in [-0.25, -0.2) is 12.7 Å². The molecule has 11 heteroatoms. The van der Waals surface area contributed by atoms with Gasteiger partial charge in [-0.05, 0) is 31.2 Å².